The van der Waals surface area contributed by atoms with E-state index in [0.717, 1.165) is 23.5 Å². The molecule has 5 nitrogen and oxygen atoms in total. The van der Waals surface area contributed by atoms with Crippen LogP contribution in [0.4, 0.5) is 14.5 Å². The van der Waals surface area contributed by atoms with Gasteiger partial charge in [0.25, 0.3) is 5.04 Å². The highest BCUT2D eigenvalue weighted by atomic mass is 32.2. The fourth-order valence-corrected chi connectivity index (χ4v) is 3.39. The van der Waals surface area contributed by atoms with Crippen molar-refractivity contribution in [2.24, 2.45) is 5.10 Å². The van der Waals surface area contributed by atoms with Gasteiger partial charge >= 0.3 is 0 Å². The highest BCUT2D eigenvalue weighted by Gasteiger charge is 2.23. The second kappa shape index (κ2) is 5.99. The van der Waals surface area contributed by atoms with E-state index in [-0.39, 0.29) is 10.6 Å². The number of benzene rings is 1. The van der Waals surface area contributed by atoms with Crippen LogP contribution in [0, 0.1) is 23.0 Å². The normalized spacial score (nSPS) is 12.0. The minimum Gasteiger partial charge on any atom is -0.274 e. The van der Waals surface area contributed by atoms with Crippen molar-refractivity contribution in [3.05, 3.63) is 46.7 Å². The molecule has 0 bridgehead atoms. The SMILES string of the molecule is N#CC(=NNc1ccc(F)cc1F)S(=O)(=O)c1ccsc1. The van der Waals surface area contributed by atoms with Gasteiger partial charge in [-0.15, -0.1) is 0 Å². The van der Waals surface area contributed by atoms with E-state index in [0.29, 0.717) is 6.07 Å². The third-order valence-electron chi connectivity index (χ3n) is 2.36. The molecule has 1 aromatic carbocycles. The van der Waals surface area contributed by atoms with Gasteiger partial charge in [0, 0.05) is 11.4 Å². The number of nitrogens with zero attached hydrogens (tertiary/aromatic N) is 2. The van der Waals surface area contributed by atoms with E-state index in [2.05, 4.69) is 10.5 Å². The molecule has 0 aliphatic carbocycles. The van der Waals surface area contributed by atoms with Crippen LogP contribution in [0.15, 0.2) is 45.0 Å². The van der Waals surface area contributed by atoms with Crippen molar-refractivity contribution < 1.29 is 17.2 Å². The maximum atomic E-state index is 13.4. The van der Waals surface area contributed by atoms with Gasteiger partial charge < -0.3 is 0 Å². The van der Waals surface area contributed by atoms with Crippen LogP contribution in [0.5, 0.6) is 0 Å². The third-order valence-corrected chi connectivity index (χ3v) is 4.76. The van der Waals surface area contributed by atoms with Gasteiger partial charge in [0.2, 0.25) is 9.84 Å². The average Bonchev–Trinajstić information content (AvgIpc) is 2.96. The number of halogens is 2. The Kier molecular flexibility index (Phi) is 4.30. The molecule has 0 saturated heterocycles. The molecule has 0 spiro atoms. The lowest BCUT2D eigenvalue weighted by atomic mass is 10.3. The lowest BCUT2D eigenvalue weighted by Gasteiger charge is -2.03. The smallest absolute Gasteiger partial charge is 0.256 e. The van der Waals surface area contributed by atoms with Crippen molar-refractivity contribution in [2.45, 2.75) is 4.90 Å². The van der Waals surface area contributed by atoms with Crippen LogP contribution < -0.4 is 5.43 Å². The highest BCUT2D eigenvalue weighted by molar-refractivity contribution is 8.07. The minimum atomic E-state index is -4.06. The van der Waals surface area contributed by atoms with E-state index in [1.54, 1.807) is 0 Å². The molecular formula is C12H7F2N3O2S2. The first-order valence-electron chi connectivity index (χ1n) is 5.41. The van der Waals surface area contributed by atoms with E-state index in [4.69, 9.17) is 5.26 Å². The molecule has 0 aliphatic heterocycles. The largest absolute Gasteiger partial charge is 0.274 e. The molecule has 21 heavy (non-hydrogen) atoms. The van der Waals surface area contributed by atoms with Gasteiger partial charge in [0.05, 0.1) is 10.6 Å². The number of hydrogen-bond donors (Lipinski definition) is 1. The Bertz CT molecular complexity index is 825. The van der Waals surface area contributed by atoms with E-state index < -0.39 is 26.5 Å². The summed E-state index contributed by atoms with van der Waals surface area (Å²) < 4.78 is 50.2. The number of nitriles is 1. The van der Waals surface area contributed by atoms with Crippen LogP contribution in [0.2, 0.25) is 0 Å². The standard InChI is InChI=1S/C12H7F2N3O2S2/c13-8-1-2-11(10(14)5-8)16-17-12(6-15)21(18,19)9-3-4-20-7-9/h1-5,7,16H. The number of rotatable bonds is 3. The van der Waals surface area contributed by atoms with E-state index >= 15 is 0 Å². The quantitative estimate of drug-likeness (QED) is 0.534. The number of hydrazone groups is 1. The van der Waals surface area contributed by atoms with Crippen LogP contribution in [-0.2, 0) is 9.84 Å². The van der Waals surface area contributed by atoms with Crippen LogP contribution in [0.3, 0.4) is 0 Å². The zero-order chi connectivity index (χ0) is 15.5. The van der Waals surface area contributed by atoms with Crippen molar-refractivity contribution in [2.75, 3.05) is 5.43 Å². The Labute approximate surface area is 123 Å². The molecule has 2 rings (SSSR count). The van der Waals surface area contributed by atoms with Crippen LogP contribution in [0.25, 0.3) is 0 Å². The Morgan fingerprint density at radius 1 is 1.33 bits per heavy atom. The van der Waals surface area contributed by atoms with Crippen molar-refractivity contribution in [3.63, 3.8) is 0 Å². The first-order chi connectivity index (χ1) is 9.95. The van der Waals surface area contributed by atoms with Gasteiger partial charge in [-0.3, -0.25) is 5.43 Å². The molecule has 1 N–H and O–H groups in total. The summed E-state index contributed by atoms with van der Waals surface area (Å²) in [7, 11) is -4.06. The lowest BCUT2D eigenvalue weighted by molar-refractivity contribution is 0.585. The maximum absolute atomic E-state index is 13.4. The molecule has 1 aromatic heterocycles. The number of hydrogen-bond acceptors (Lipinski definition) is 6. The zero-order valence-corrected chi connectivity index (χ0v) is 11.9. The maximum Gasteiger partial charge on any atom is 0.256 e. The van der Waals surface area contributed by atoms with Gasteiger partial charge in [-0.1, -0.05) is 0 Å². The lowest BCUT2D eigenvalue weighted by Crippen LogP contribution is -2.14. The minimum absolute atomic E-state index is 0.0748. The van der Waals surface area contributed by atoms with Gasteiger partial charge in [0.1, 0.15) is 11.9 Å². The van der Waals surface area contributed by atoms with Crippen molar-refractivity contribution in [1.82, 2.24) is 0 Å². The third kappa shape index (κ3) is 3.24. The zero-order valence-electron chi connectivity index (χ0n) is 10.2. The van der Waals surface area contributed by atoms with E-state index in [1.165, 1.54) is 22.9 Å². The van der Waals surface area contributed by atoms with Gasteiger partial charge in [-0.05, 0) is 23.6 Å². The molecule has 1 heterocycles. The predicted octanol–water partition coefficient (Wildman–Crippen LogP) is 2.75. The molecular weight excluding hydrogens is 320 g/mol. The van der Waals surface area contributed by atoms with Gasteiger partial charge in [-0.25, -0.2) is 17.2 Å². The second-order valence-electron chi connectivity index (χ2n) is 3.73. The molecule has 0 radical (unpaired) electrons. The van der Waals surface area contributed by atoms with E-state index in [1.807, 2.05) is 0 Å². The Balaban J connectivity index is 2.32. The van der Waals surface area contributed by atoms with Crippen LogP contribution >= 0.6 is 11.3 Å². The first-order valence-corrected chi connectivity index (χ1v) is 7.84. The second-order valence-corrected chi connectivity index (χ2v) is 6.37. The molecule has 0 atom stereocenters. The number of sulfone groups is 1. The number of anilines is 1. The van der Waals surface area contributed by atoms with Crippen molar-refractivity contribution in [3.8, 4) is 6.07 Å². The fraction of sp³-hybridized carbons (Fsp3) is 0. The van der Waals surface area contributed by atoms with Crippen molar-refractivity contribution >= 4 is 31.9 Å². The number of thiophene rings is 1. The molecule has 108 valence electrons. The topological polar surface area (TPSA) is 82.3 Å². The average molecular weight is 327 g/mol. The summed E-state index contributed by atoms with van der Waals surface area (Å²) in [6, 6.07) is 5.39. The predicted molar refractivity (Wildman–Crippen MR) is 74.5 cm³/mol. The first kappa shape index (κ1) is 15.1. The molecule has 2 aromatic rings. The van der Waals surface area contributed by atoms with Crippen LogP contribution in [-0.4, -0.2) is 13.5 Å². The Morgan fingerprint density at radius 2 is 2.10 bits per heavy atom. The summed E-state index contributed by atoms with van der Waals surface area (Å²) in [5.74, 6) is -1.74. The summed E-state index contributed by atoms with van der Waals surface area (Å²) in [6.07, 6.45) is 0. The molecule has 0 unspecified atom stereocenters. The molecule has 0 saturated carbocycles. The van der Waals surface area contributed by atoms with Crippen molar-refractivity contribution in [1.29, 1.82) is 5.26 Å². The molecule has 0 fully saturated rings. The summed E-state index contributed by atoms with van der Waals surface area (Å²) >= 11 is 1.15. The fourth-order valence-electron chi connectivity index (χ4n) is 1.35. The summed E-state index contributed by atoms with van der Waals surface area (Å²) in [5, 5.41) is 14.4. The van der Waals surface area contributed by atoms with Gasteiger partial charge in [0.15, 0.2) is 5.82 Å². The molecule has 0 amide bonds. The molecule has 0 aliphatic rings. The summed E-state index contributed by atoms with van der Waals surface area (Å²) in [6.45, 7) is 0. The summed E-state index contributed by atoms with van der Waals surface area (Å²) in [5.41, 5.74) is 1.86. The molecule has 9 heteroatoms. The monoisotopic (exact) mass is 327 g/mol. The van der Waals surface area contributed by atoms with Crippen LogP contribution in [0.1, 0.15) is 0 Å². The summed E-state index contributed by atoms with van der Waals surface area (Å²) in [4.78, 5) is -0.0748. The number of nitrogens with one attached hydrogen (secondary N) is 1. The Morgan fingerprint density at radius 3 is 2.67 bits per heavy atom. The Hall–Kier alpha value is -2.31. The highest BCUT2D eigenvalue weighted by Crippen LogP contribution is 2.18. The van der Waals surface area contributed by atoms with E-state index in [9.17, 15) is 17.2 Å². The van der Waals surface area contributed by atoms with Gasteiger partial charge in [-0.2, -0.15) is 21.7 Å².